The fourth-order valence-corrected chi connectivity index (χ4v) is 4.09. The van der Waals surface area contributed by atoms with Gasteiger partial charge in [-0.3, -0.25) is 0 Å². The van der Waals surface area contributed by atoms with Crippen LogP contribution in [0.25, 0.3) is 0 Å². The van der Waals surface area contributed by atoms with Crippen LogP contribution in [0.5, 0.6) is 0 Å². The van der Waals surface area contributed by atoms with Crippen molar-refractivity contribution >= 4 is 10.2 Å². The Morgan fingerprint density at radius 1 is 1.15 bits per heavy atom. The Morgan fingerprint density at radius 2 is 1.54 bits per heavy atom. The largest absolute Gasteiger partial charge is 0.308 e. The highest BCUT2D eigenvalue weighted by Crippen LogP contribution is 2.77. The minimum Gasteiger partial charge on any atom is -0.194 e. The van der Waals surface area contributed by atoms with Crippen molar-refractivity contribution in [1.29, 1.82) is 0 Å². The summed E-state index contributed by atoms with van der Waals surface area (Å²) in [7, 11) is -4.30. The van der Waals surface area contributed by atoms with Crippen LogP contribution in [0.15, 0.2) is 0 Å². The molecule has 2 nitrogen and oxygen atoms in total. The SMILES string of the molecule is CC(C)(C)C12CC(S(=O)(=O)F)(C1)C2. The van der Waals surface area contributed by atoms with Gasteiger partial charge in [-0.15, -0.1) is 3.89 Å². The second-order valence-corrected chi connectivity index (χ2v) is 7.42. The van der Waals surface area contributed by atoms with Gasteiger partial charge in [-0.1, -0.05) is 20.8 Å². The molecule has 3 aliphatic rings. The fourth-order valence-electron chi connectivity index (χ4n) is 2.75. The maximum Gasteiger partial charge on any atom is 0.308 e. The van der Waals surface area contributed by atoms with Crippen LogP contribution in [0.1, 0.15) is 40.0 Å². The minimum absolute atomic E-state index is 0.103. The molecule has 0 aromatic heterocycles. The van der Waals surface area contributed by atoms with E-state index in [-0.39, 0.29) is 10.8 Å². The molecule has 76 valence electrons. The van der Waals surface area contributed by atoms with E-state index >= 15 is 0 Å². The molecule has 4 heteroatoms. The van der Waals surface area contributed by atoms with Crippen LogP contribution in [0, 0.1) is 10.8 Å². The number of rotatable bonds is 1. The lowest BCUT2D eigenvalue weighted by Crippen LogP contribution is -2.73. The highest BCUT2D eigenvalue weighted by atomic mass is 32.3. The summed E-state index contributed by atoms with van der Waals surface area (Å²) in [5.41, 5.74) is 0.214. The first-order valence-electron chi connectivity index (χ1n) is 4.56. The molecule has 0 saturated heterocycles. The zero-order chi connectivity index (χ0) is 10.1. The van der Waals surface area contributed by atoms with Gasteiger partial charge in [0.2, 0.25) is 0 Å². The normalized spacial score (nSPS) is 43.7. The third-order valence-corrected chi connectivity index (χ3v) is 5.56. The van der Waals surface area contributed by atoms with Crippen LogP contribution < -0.4 is 0 Å². The number of hydrogen-bond donors (Lipinski definition) is 0. The van der Waals surface area contributed by atoms with E-state index in [2.05, 4.69) is 20.8 Å². The molecule has 3 saturated carbocycles. The predicted molar refractivity (Wildman–Crippen MR) is 48.5 cm³/mol. The molecule has 2 bridgehead atoms. The average Bonchev–Trinajstić information content (AvgIpc) is 1.41. The summed E-state index contributed by atoms with van der Waals surface area (Å²) in [5.74, 6) is 0. The van der Waals surface area contributed by atoms with Gasteiger partial charge in [-0.05, 0) is 30.1 Å². The molecule has 0 aliphatic heterocycles. The molecule has 3 rings (SSSR count). The molecule has 0 spiro atoms. The van der Waals surface area contributed by atoms with Crippen molar-refractivity contribution in [3.8, 4) is 0 Å². The molecule has 0 unspecified atom stereocenters. The molecular formula is C9H15FO2S. The van der Waals surface area contributed by atoms with Crippen molar-refractivity contribution in [1.82, 2.24) is 0 Å². The monoisotopic (exact) mass is 206 g/mol. The van der Waals surface area contributed by atoms with Gasteiger partial charge in [0.05, 0.1) is 0 Å². The van der Waals surface area contributed by atoms with Crippen LogP contribution in [0.2, 0.25) is 0 Å². The van der Waals surface area contributed by atoms with Crippen molar-refractivity contribution in [3.63, 3.8) is 0 Å². The van der Waals surface area contributed by atoms with E-state index in [1.807, 2.05) is 0 Å². The summed E-state index contributed by atoms with van der Waals surface area (Å²) in [6.45, 7) is 6.29. The Kier molecular flexibility index (Phi) is 1.41. The Hall–Kier alpha value is -0.120. The van der Waals surface area contributed by atoms with Gasteiger partial charge in [0.25, 0.3) is 0 Å². The molecular weight excluding hydrogens is 191 g/mol. The Balaban J connectivity index is 2.18. The molecule has 0 radical (unpaired) electrons. The highest BCUT2D eigenvalue weighted by molar-refractivity contribution is 7.88. The average molecular weight is 206 g/mol. The van der Waals surface area contributed by atoms with Crippen molar-refractivity contribution in [3.05, 3.63) is 0 Å². The molecule has 0 N–H and O–H groups in total. The summed E-state index contributed by atoms with van der Waals surface area (Å²) < 4.78 is 33.4. The van der Waals surface area contributed by atoms with Crippen LogP contribution in [-0.4, -0.2) is 13.2 Å². The van der Waals surface area contributed by atoms with Gasteiger partial charge in [0, 0.05) is 0 Å². The molecule has 0 heterocycles. The first kappa shape index (κ1) is 9.44. The van der Waals surface area contributed by atoms with Gasteiger partial charge >= 0.3 is 10.2 Å². The Bertz CT molecular complexity index is 331. The summed E-state index contributed by atoms with van der Waals surface area (Å²) >= 11 is 0. The highest BCUT2D eigenvalue weighted by Gasteiger charge is 2.77. The molecule has 3 fully saturated rings. The quantitative estimate of drug-likeness (QED) is 0.617. The van der Waals surface area contributed by atoms with Gasteiger partial charge in [0.15, 0.2) is 0 Å². The van der Waals surface area contributed by atoms with E-state index in [1.165, 1.54) is 0 Å². The smallest absolute Gasteiger partial charge is 0.194 e. The zero-order valence-corrected chi connectivity index (χ0v) is 9.04. The van der Waals surface area contributed by atoms with E-state index in [4.69, 9.17) is 0 Å². The molecule has 0 aromatic carbocycles. The fraction of sp³-hybridized carbons (Fsp3) is 1.00. The molecule has 0 aromatic rings. The van der Waals surface area contributed by atoms with Crippen LogP contribution in [-0.2, 0) is 10.2 Å². The lowest BCUT2D eigenvalue weighted by molar-refractivity contribution is -0.163. The van der Waals surface area contributed by atoms with Crippen LogP contribution in [0.3, 0.4) is 0 Å². The number of hydrogen-bond acceptors (Lipinski definition) is 2. The van der Waals surface area contributed by atoms with Crippen molar-refractivity contribution in [2.75, 3.05) is 0 Å². The van der Waals surface area contributed by atoms with Gasteiger partial charge in [-0.2, -0.15) is 8.42 Å². The van der Waals surface area contributed by atoms with E-state index in [9.17, 15) is 12.3 Å². The van der Waals surface area contributed by atoms with E-state index < -0.39 is 15.0 Å². The van der Waals surface area contributed by atoms with E-state index in [0.29, 0.717) is 19.3 Å². The van der Waals surface area contributed by atoms with E-state index in [0.717, 1.165) is 0 Å². The third-order valence-electron chi connectivity index (χ3n) is 4.09. The first-order chi connectivity index (χ1) is 5.62. The van der Waals surface area contributed by atoms with Crippen molar-refractivity contribution < 1.29 is 12.3 Å². The van der Waals surface area contributed by atoms with Crippen molar-refractivity contribution in [2.45, 2.75) is 44.8 Å². The first-order valence-corrected chi connectivity index (χ1v) is 5.95. The van der Waals surface area contributed by atoms with Crippen LogP contribution in [0.4, 0.5) is 3.89 Å². The summed E-state index contributed by atoms with van der Waals surface area (Å²) in [6.07, 6.45) is 1.59. The lowest BCUT2D eigenvalue weighted by atomic mass is 9.36. The summed E-state index contributed by atoms with van der Waals surface area (Å²) in [5, 5.41) is 0. The Morgan fingerprint density at radius 3 is 1.77 bits per heavy atom. The minimum atomic E-state index is -4.30. The second kappa shape index (κ2) is 1.95. The molecule has 0 amide bonds. The summed E-state index contributed by atoms with van der Waals surface area (Å²) in [6, 6.07) is 0. The number of halogens is 1. The van der Waals surface area contributed by atoms with Crippen LogP contribution >= 0.6 is 0 Å². The standard InChI is InChI=1S/C9H15FO2S/c1-7(2,3)8-4-9(5-8,6-8)13(10,11)12/h4-6H2,1-3H3. The van der Waals surface area contributed by atoms with Gasteiger partial charge < -0.3 is 0 Å². The van der Waals surface area contributed by atoms with E-state index in [1.54, 1.807) is 0 Å². The maximum absolute atomic E-state index is 12.8. The molecule has 0 atom stereocenters. The van der Waals surface area contributed by atoms with Gasteiger partial charge in [0.1, 0.15) is 4.75 Å². The predicted octanol–water partition coefficient (Wildman–Crippen LogP) is 2.25. The van der Waals surface area contributed by atoms with Crippen molar-refractivity contribution in [2.24, 2.45) is 10.8 Å². The maximum atomic E-state index is 12.8. The molecule has 13 heavy (non-hydrogen) atoms. The second-order valence-electron chi connectivity index (χ2n) is 5.68. The third kappa shape index (κ3) is 0.901. The topological polar surface area (TPSA) is 34.1 Å². The Labute approximate surface area is 78.7 Å². The molecule has 3 aliphatic carbocycles. The zero-order valence-electron chi connectivity index (χ0n) is 8.22. The van der Waals surface area contributed by atoms with Gasteiger partial charge in [-0.25, -0.2) is 0 Å². The summed E-state index contributed by atoms with van der Waals surface area (Å²) in [4.78, 5) is 0. The lowest BCUT2D eigenvalue weighted by Gasteiger charge is -2.73.